The van der Waals surface area contributed by atoms with Crippen LogP contribution in [0, 0.1) is 0 Å². The lowest BCUT2D eigenvalue weighted by Crippen LogP contribution is -2.51. The van der Waals surface area contributed by atoms with Crippen molar-refractivity contribution in [1.29, 1.82) is 0 Å². The van der Waals surface area contributed by atoms with Crippen molar-refractivity contribution in [3.8, 4) is 0 Å². The Labute approximate surface area is 141 Å². The zero-order valence-corrected chi connectivity index (χ0v) is 14.1. The quantitative estimate of drug-likeness (QED) is 0.888. The van der Waals surface area contributed by atoms with Crippen molar-refractivity contribution >= 4 is 23.4 Å². The fourth-order valence-electron chi connectivity index (χ4n) is 3.67. The molecule has 2 atom stereocenters. The number of rotatable bonds is 2. The van der Waals surface area contributed by atoms with E-state index in [0.717, 1.165) is 24.1 Å². The molecule has 0 aliphatic carbocycles. The fraction of sp³-hybridized carbons (Fsp3) is 0.500. The fourth-order valence-corrected chi connectivity index (χ4v) is 3.67. The van der Waals surface area contributed by atoms with Crippen LogP contribution in [0.15, 0.2) is 24.3 Å². The molecule has 128 valence electrons. The molecule has 0 radical (unpaired) electrons. The number of amides is 3. The van der Waals surface area contributed by atoms with E-state index in [1.165, 1.54) is 6.92 Å². The van der Waals surface area contributed by atoms with E-state index >= 15 is 0 Å². The molecule has 1 saturated heterocycles. The molecule has 2 aliphatic heterocycles. The van der Waals surface area contributed by atoms with Gasteiger partial charge >= 0.3 is 0 Å². The molecule has 0 aromatic heterocycles. The summed E-state index contributed by atoms with van der Waals surface area (Å²) in [4.78, 5) is 40.0. The van der Waals surface area contributed by atoms with Gasteiger partial charge in [-0.3, -0.25) is 14.4 Å². The average molecular weight is 329 g/mol. The summed E-state index contributed by atoms with van der Waals surface area (Å²) in [6.45, 7) is 2.69. The molecule has 0 unspecified atom stereocenters. The number of carbonyl (C=O) groups excluding carboxylic acids is 3. The third kappa shape index (κ3) is 3.13. The van der Waals surface area contributed by atoms with Gasteiger partial charge in [-0.1, -0.05) is 18.2 Å². The molecule has 2 aliphatic rings. The highest BCUT2D eigenvalue weighted by molar-refractivity contribution is 6.02. The standard InChI is InChI=1S/C18H23N3O3/c1-12(22)19-13-6-5-9-21(11-13)18(24)15-10-17(23)20(2)16-8-4-3-7-14(15)16/h3-4,7-8,13,15H,5-6,9-11H2,1-2H3,(H,19,22)/t13-,15+/m0/s1. The minimum Gasteiger partial charge on any atom is -0.352 e. The third-order valence-electron chi connectivity index (χ3n) is 4.86. The van der Waals surface area contributed by atoms with Crippen LogP contribution in [0.1, 0.15) is 37.7 Å². The Kier molecular flexibility index (Phi) is 4.55. The minimum atomic E-state index is -0.430. The SMILES string of the molecule is CC(=O)N[C@H]1CCCN(C(=O)[C@@H]2CC(=O)N(C)c3ccccc32)C1. The van der Waals surface area contributed by atoms with Gasteiger partial charge in [-0.05, 0) is 24.5 Å². The van der Waals surface area contributed by atoms with Crippen LogP contribution < -0.4 is 10.2 Å². The Balaban J connectivity index is 1.81. The number of para-hydroxylation sites is 1. The van der Waals surface area contributed by atoms with Crippen LogP contribution in [0.2, 0.25) is 0 Å². The number of nitrogens with one attached hydrogen (secondary N) is 1. The van der Waals surface area contributed by atoms with E-state index in [2.05, 4.69) is 5.32 Å². The summed E-state index contributed by atoms with van der Waals surface area (Å²) in [5, 5.41) is 2.90. The summed E-state index contributed by atoms with van der Waals surface area (Å²) in [6, 6.07) is 7.58. The summed E-state index contributed by atoms with van der Waals surface area (Å²) in [6.07, 6.45) is 1.94. The number of benzene rings is 1. The first-order valence-electron chi connectivity index (χ1n) is 8.38. The maximum atomic E-state index is 13.0. The van der Waals surface area contributed by atoms with Crippen LogP contribution in [0.5, 0.6) is 0 Å². The van der Waals surface area contributed by atoms with E-state index in [1.54, 1.807) is 16.8 Å². The van der Waals surface area contributed by atoms with Crippen LogP contribution >= 0.6 is 0 Å². The van der Waals surface area contributed by atoms with E-state index < -0.39 is 5.92 Å². The lowest BCUT2D eigenvalue weighted by Gasteiger charge is -2.37. The normalized spacial score (nSPS) is 23.7. The molecule has 0 saturated carbocycles. The molecule has 1 N–H and O–H groups in total. The second-order valence-electron chi connectivity index (χ2n) is 6.59. The molecule has 3 rings (SSSR count). The highest BCUT2D eigenvalue weighted by Gasteiger charge is 2.37. The number of carbonyl (C=O) groups is 3. The molecule has 1 aromatic carbocycles. The largest absolute Gasteiger partial charge is 0.352 e. The topological polar surface area (TPSA) is 69.7 Å². The van der Waals surface area contributed by atoms with Crippen LogP contribution in [0.25, 0.3) is 0 Å². The summed E-state index contributed by atoms with van der Waals surface area (Å²) >= 11 is 0. The molecule has 0 spiro atoms. The van der Waals surface area contributed by atoms with Gasteiger partial charge in [0, 0.05) is 45.2 Å². The minimum absolute atomic E-state index is 0.00240. The Hall–Kier alpha value is -2.37. The molecule has 6 heteroatoms. The van der Waals surface area contributed by atoms with E-state index in [1.807, 2.05) is 24.3 Å². The van der Waals surface area contributed by atoms with Gasteiger partial charge in [0.05, 0.1) is 5.92 Å². The lowest BCUT2D eigenvalue weighted by atomic mass is 9.87. The Morgan fingerprint density at radius 3 is 2.75 bits per heavy atom. The van der Waals surface area contributed by atoms with Crippen LogP contribution in [0.3, 0.4) is 0 Å². The molecule has 24 heavy (non-hydrogen) atoms. The van der Waals surface area contributed by atoms with Crippen molar-refractivity contribution in [3.05, 3.63) is 29.8 Å². The number of likely N-dealkylation sites (tertiary alicyclic amines) is 1. The predicted molar refractivity (Wildman–Crippen MR) is 90.6 cm³/mol. The Morgan fingerprint density at radius 2 is 2.00 bits per heavy atom. The van der Waals surface area contributed by atoms with Crippen molar-refractivity contribution in [3.63, 3.8) is 0 Å². The molecule has 3 amide bonds. The summed E-state index contributed by atoms with van der Waals surface area (Å²) in [5.74, 6) is -0.559. The number of piperidine rings is 1. The Bertz CT molecular complexity index is 673. The van der Waals surface area contributed by atoms with E-state index in [0.29, 0.717) is 13.1 Å². The van der Waals surface area contributed by atoms with Crippen molar-refractivity contribution in [2.24, 2.45) is 0 Å². The maximum absolute atomic E-state index is 13.0. The highest BCUT2D eigenvalue weighted by atomic mass is 16.2. The summed E-state index contributed by atoms with van der Waals surface area (Å²) in [5.41, 5.74) is 1.72. The van der Waals surface area contributed by atoms with Gasteiger partial charge in [-0.15, -0.1) is 0 Å². The first-order valence-corrected chi connectivity index (χ1v) is 8.38. The molecule has 2 heterocycles. The first kappa shape index (κ1) is 16.5. The second-order valence-corrected chi connectivity index (χ2v) is 6.59. The maximum Gasteiger partial charge on any atom is 0.230 e. The van der Waals surface area contributed by atoms with Crippen molar-refractivity contribution in [2.45, 2.75) is 38.1 Å². The van der Waals surface area contributed by atoms with Crippen molar-refractivity contribution < 1.29 is 14.4 Å². The van der Waals surface area contributed by atoms with Gasteiger partial charge in [0.2, 0.25) is 17.7 Å². The van der Waals surface area contributed by atoms with Crippen LogP contribution in [0.4, 0.5) is 5.69 Å². The smallest absolute Gasteiger partial charge is 0.230 e. The summed E-state index contributed by atoms with van der Waals surface area (Å²) < 4.78 is 0. The van der Waals surface area contributed by atoms with Gasteiger partial charge in [0.1, 0.15) is 0 Å². The number of nitrogens with zero attached hydrogens (tertiary/aromatic N) is 2. The van der Waals surface area contributed by atoms with E-state index in [4.69, 9.17) is 0 Å². The number of hydrogen-bond acceptors (Lipinski definition) is 3. The van der Waals surface area contributed by atoms with E-state index in [-0.39, 0.29) is 30.2 Å². The molecule has 0 bridgehead atoms. The lowest BCUT2D eigenvalue weighted by molar-refractivity contribution is -0.137. The van der Waals surface area contributed by atoms with Gasteiger partial charge in [-0.25, -0.2) is 0 Å². The molecule has 6 nitrogen and oxygen atoms in total. The highest BCUT2D eigenvalue weighted by Crippen LogP contribution is 2.36. The number of fused-ring (bicyclic) bond motifs is 1. The molecule has 1 fully saturated rings. The van der Waals surface area contributed by atoms with Gasteiger partial charge < -0.3 is 15.1 Å². The van der Waals surface area contributed by atoms with Gasteiger partial charge in [0.25, 0.3) is 0 Å². The average Bonchev–Trinajstić information content (AvgIpc) is 2.57. The molecular formula is C18H23N3O3. The van der Waals surface area contributed by atoms with Crippen LogP contribution in [-0.2, 0) is 14.4 Å². The zero-order chi connectivity index (χ0) is 17.3. The molecule has 1 aromatic rings. The van der Waals surface area contributed by atoms with Crippen molar-refractivity contribution in [1.82, 2.24) is 10.2 Å². The van der Waals surface area contributed by atoms with Gasteiger partial charge in [0.15, 0.2) is 0 Å². The van der Waals surface area contributed by atoms with Crippen molar-refractivity contribution in [2.75, 3.05) is 25.0 Å². The predicted octanol–water partition coefficient (Wildman–Crippen LogP) is 1.26. The summed E-state index contributed by atoms with van der Waals surface area (Å²) in [7, 11) is 1.75. The monoisotopic (exact) mass is 329 g/mol. The second kappa shape index (κ2) is 6.63. The first-order chi connectivity index (χ1) is 11.5. The molecular weight excluding hydrogens is 306 g/mol. The van der Waals surface area contributed by atoms with Gasteiger partial charge in [-0.2, -0.15) is 0 Å². The Morgan fingerprint density at radius 1 is 1.25 bits per heavy atom. The van der Waals surface area contributed by atoms with Crippen LogP contribution in [-0.4, -0.2) is 48.8 Å². The number of anilines is 1. The third-order valence-corrected chi connectivity index (χ3v) is 4.86. The van der Waals surface area contributed by atoms with E-state index in [9.17, 15) is 14.4 Å². The number of hydrogen-bond donors (Lipinski definition) is 1. The zero-order valence-electron chi connectivity index (χ0n) is 14.1.